The molecule has 1 fully saturated rings. The molecule has 1 unspecified atom stereocenters. The van der Waals surface area contributed by atoms with Crippen LogP contribution in [-0.4, -0.2) is 55.6 Å². The highest BCUT2D eigenvalue weighted by Gasteiger charge is 2.30. The predicted octanol–water partition coefficient (Wildman–Crippen LogP) is 7.29. The lowest BCUT2D eigenvalue weighted by molar-refractivity contribution is 0.0714. The third-order valence-electron chi connectivity index (χ3n) is 7.06. The van der Waals surface area contributed by atoms with E-state index in [0.29, 0.717) is 24.6 Å². The normalized spacial score (nSPS) is 14.2. The van der Waals surface area contributed by atoms with Gasteiger partial charge in [0.1, 0.15) is 11.4 Å². The van der Waals surface area contributed by atoms with Crippen LogP contribution in [0, 0.1) is 0 Å². The fourth-order valence-electron chi connectivity index (χ4n) is 4.78. The summed E-state index contributed by atoms with van der Waals surface area (Å²) in [6, 6.07) is 18.3. The van der Waals surface area contributed by atoms with Gasteiger partial charge in [-0.25, -0.2) is 8.78 Å². The Morgan fingerprint density at radius 3 is 2.23 bits per heavy atom. The topological polar surface area (TPSA) is 66.9 Å². The highest BCUT2D eigenvalue weighted by Crippen LogP contribution is 2.38. The first-order valence-corrected chi connectivity index (χ1v) is 13.6. The van der Waals surface area contributed by atoms with Crippen LogP contribution in [0.3, 0.4) is 0 Å². The van der Waals surface area contributed by atoms with Gasteiger partial charge in [-0.15, -0.1) is 0 Å². The van der Waals surface area contributed by atoms with Crippen molar-refractivity contribution in [3.05, 3.63) is 78.1 Å². The third-order valence-corrected chi connectivity index (χ3v) is 7.06. The number of nitrogens with one attached hydrogen (secondary N) is 1. The number of pyridine rings is 1. The molecule has 0 spiro atoms. The number of likely N-dealkylation sites (tertiary alicyclic amines) is 1. The molecule has 0 radical (unpaired) electrons. The molecule has 2 heterocycles. The van der Waals surface area contributed by atoms with Crippen molar-refractivity contribution in [1.82, 2.24) is 9.88 Å². The number of amides is 1. The smallest absolute Gasteiger partial charge is 0.253 e. The molecule has 0 saturated carbocycles. The largest absolute Gasteiger partial charge is 0.494 e. The number of rotatable bonds is 9. The molecule has 4 rings (SSSR count). The first-order chi connectivity index (χ1) is 19.3. The molecular weight excluding hydrogens is 514 g/mol. The van der Waals surface area contributed by atoms with Crippen LogP contribution in [0.4, 0.5) is 25.8 Å². The Morgan fingerprint density at radius 2 is 1.68 bits per heavy atom. The lowest BCUT2D eigenvalue weighted by Crippen LogP contribution is -2.45. The van der Waals surface area contributed by atoms with Gasteiger partial charge in [0.25, 0.3) is 5.91 Å². The Hall–Kier alpha value is -3.72. The number of halogens is 2. The number of methoxy groups -OCH3 is 1. The van der Waals surface area contributed by atoms with E-state index in [1.165, 1.54) is 5.56 Å². The fourth-order valence-corrected chi connectivity index (χ4v) is 4.78. The Labute approximate surface area is 236 Å². The fraction of sp³-hybridized carbons (Fsp3) is 0.419. The molecule has 216 valence electrons. The van der Waals surface area contributed by atoms with Gasteiger partial charge in [0.15, 0.2) is 0 Å². The summed E-state index contributed by atoms with van der Waals surface area (Å²) in [5, 5.41) is 0. The molecule has 1 atom stereocenters. The van der Waals surface area contributed by atoms with E-state index in [1.807, 2.05) is 41.4 Å². The molecule has 3 aromatic rings. The van der Waals surface area contributed by atoms with Crippen LogP contribution in [0.5, 0.6) is 5.75 Å². The summed E-state index contributed by atoms with van der Waals surface area (Å²) in [6.07, 6.45) is 4.26. The van der Waals surface area contributed by atoms with E-state index in [0.717, 1.165) is 49.0 Å². The van der Waals surface area contributed by atoms with Crippen LogP contribution in [-0.2, 0) is 4.84 Å². The maximum absolute atomic E-state index is 13.1. The molecule has 1 aliphatic rings. The van der Waals surface area contributed by atoms with E-state index >= 15 is 0 Å². The van der Waals surface area contributed by atoms with Crippen LogP contribution in [0.25, 0.3) is 0 Å². The first-order valence-electron chi connectivity index (χ1n) is 13.6. The highest BCUT2D eigenvalue weighted by molar-refractivity contribution is 5.94. The van der Waals surface area contributed by atoms with Crippen molar-refractivity contribution in [3.8, 4) is 5.75 Å². The molecule has 0 bridgehead atoms. The van der Waals surface area contributed by atoms with Gasteiger partial charge >= 0.3 is 0 Å². The lowest BCUT2D eigenvalue weighted by atomic mass is 9.97. The van der Waals surface area contributed by atoms with Gasteiger partial charge in [-0.1, -0.05) is 26.0 Å². The number of piperidine rings is 1. The van der Waals surface area contributed by atoms with E-state index in [1.54, 1.807) is 20.4 Å². The Kier molecular flexibility index (Phi) is 11.7. The minimum atomic E-state index is -2.17. The SMILES string of the molecule is CC(F)F.CCC(C)c1ccc(N(c2cnccc2OC)C2CCN(C(=O)c3ccc(NOC)cc3)CC2)cc1. The summed E-state index contributed by atoms with van der Waals surface area (Å²) in [5.41, 5.74) is 7.67. The number of hydrogen-bond acceptors (Lipinski definition) is 6. The molecule has 0 aliphatic carbocycles. The van der Waals surface area contributed by atoms with Gasteiger partial charge in [0.05, 0.1) is 26.1 Å². The number of anilines is 3. The minimum Gasteiger partial charge on any atom is -0.494 e. The molecule has 1 aliphatic heterocycles. The van der Waals surface area contributed by atoms with Crippen LogP contribution in [0.1, 0.15) is 61.9 Å². The number of nitrogens with zero attached hydrogens (tertiary/aromatic N) is 3. The van der Waals surface area contributed by atoms with E-state index in [2.05, 4.69) is 53.5 Å². The van der Waals surface area contributed by atoms with Gasteiger partial charge in [0, 0.05) is 42.6 Å². The summed E-state index contributed by atoms with van der Waals surface area (Å²) >= 11 is 0. The monoisotopic (exact) mass is 554 g/mol. The van der Waals surface area contributed by atoms with Crippen molar-refractivity contribution in [2.45, 2.75) is 58.4 Å². The second kappa shape index (κ2) is 15.2. The Balaban J connectivity index is 0.00000103. The summed E-state index contributed by atoms with van der Waals surface area (Å²) in [5.74, 6) is 1.37. The van der Waals surface area contributed by atoms with Crippen LogP contribution in [0.15, 0.2) is 67.0 Å². The number of alkyl halides is 2. The zero-order chi connectivity index (χ0) is 29.1. The van der Waals surface area contributed by atoms with Crippen molar-refractivity contribution >= 4 is 23.0 Å². The predicted molar refractivity (Wildman–Crippen MR) is 156 cm³/mol. The van der Waals surface area contributed by atoms with Crippen molar-refractivity contribution < 1.29 is 23.1 Å². The maximum atomic E-state index is 13.1. The number of carbonyl (C=O) groups is 1. The molecule has 2 aromatic carbocycles. The Morgan fingerprint density at radius 1 is 1.05 bits per heavy atom. The molecule has 7 nitrogen and oxygen atoms in total. The average molecular weight is 555 g/mol. The van der Waals surface area contributed by atoms with Crippen LogP contribution in [0.2, 0.25) is 0 Å². The third kappa shape index (κ3) is 8.14. The number of carbonyl (C=O) groups excluding carboxylic acids is 1. The quantitative estimate of drug-likeness (QED) is 0.280. The van der Waals surface area contributed by atoms with Gasteiger partial charge in [-0.05, 0) is 74.1 Å². The molecule has 9 heteroatoms. The zero-order valence-corrected chi connectivity index (χ0v) is 23.9. The number of benzene rings is 2. The van der Waals surface area contributed by atoms with Crippen LogP contribution < -0.4 is 15.1 Å². The van der Waals surface area contributed by atoms with Gasteiger partial charge in [-0.2, -0.15) is 0 Å². The molecule has 40 heavy (non-hydrogen) atoms. The average Bonchev–Trinajstić information content (AvgIpc) is 2.98. The van der Waals surface area contributed by atoms with Gasteiger partial charge in [0.2, 0.25) is 6.43 Å². The number of hydrogen-bond donors (Lipinski definition) is 1. The molecule has 1 aromatic heterocycles. The number of aromatic nitrogens is 1. The van der Waals surface area contributed by atoms with Gasteiger partial charge < -0.3 is 14.5 Å². The van der Waals surface area contributed by atoms with E-state index in [4.69, 9.17) is 9.57 Å². The summed E-state index contributed by atoms with van der Waals surface area (Å²) in [6.45, 7) is 6.67. The second-order valence-corrected chi connectivity index (χ2v) is 9.74. The highest BCUT2D eigenvalue weighted by atomic mass is 19.3. The van der Waals surface area contributed by atoms with Crippen molar-refractivity contribution in [1.29, 1.82) is 0 Å². The molecule has 1 N–H and O–H groups in total. The summed E-state index contributed by atoms with van der Waals surface area (Å²) in [7, 11) is 3.26. The Bertz CT molecular complexity index is 1180. The van der Waals surface area contributed by atoms with Crippen molar-refractivity contribution in [2.24, 2.45) is 0 Å². The number of ether oxygens (including phenoxy) is 1. The van der Waals surface area contributed by atoms with E-state index < -0.39 is 6.43 Å². The second-order valence-electron chi connectivity index (χ2n) is 9.74. The van der Waals surface area contributed by atoms with E-state index in [-0.39, 0.29) is 11.9 Å². The van der Waals surface area contributed by atoms with Crippen molar-refractivity contribution in [2.75, 3.05) is 37.7 Å². The lowest BCUT2D eigenvalue weighted by Gasteiger charge is -2.40. The van der Waals surface area contributed by atoms with Gasteiger partial charge in [-0.3, -0.25) is 20.1 Å². The first kappa shape index (κ1) is 30.8. The van der Waals surface area contributed by atoms with Crippen LogP contribution >= 0.6 is 0 Å². The summed E-state index contributed by atoms with van der Waals surface area (Å²) in [4.78, 5) is 26.7. The molecule has 1 amide bonds. The maximum Gasteiger partial charge on any atom is 0.253 e. The van der Waals surface area contributed by atoms with E-state index in [9.17, 15) is 13.6 Å². The zero-order valence-electron chi connectivity index (χ0n) is 23.9. The standard InChI is InChI=1S/C29H36N4O3.C2H4F2/c1-5-21(2)22-8-12-25(13-9-22)33(27-20-30-17-14-28(27)35-3)26-15-18-32(19-16-26)29(34)23-6-10-24(11-7-23)31-36-4;1-2(3)4/h6-14,17,20-21,26,31H,5,15-16,18-19H2,1-4H3;2H,1H3. The summed E-state index contributed by atoms with van der Waals surface area (Å²) < 4.78 is 26.4. The minimum absolute atomic E-state index is 0.0563. The van der Waals surface area contributed by atoms with Crippen molar-refractivity contribution in [3.63, 3.8) is 0 Å². The molecule has 1 saturated heterocycles. The molecular formula is C31H40F2N4O3.